The number of sulfonamides is 1. The molecule has 0 atom stereocenters. The topological polar surface area (TPSA) is 102 Å². The molecule has 2 aromatic rings. The summed E-state index contributed by atoms with van der Waals surface area (Å²) in [5.41, 5.74) is 0.310. The van der Waals surface area contributed by atoms with E-state index in [9.17, 15) is 18.0 Å². The van der Waals surface area contributed by atoms with Gasteiger partial charge in [-0.1, -0.05) is 18.2 Å². The third-order valence-electron chi connectivity index (χ3n) is 2.83. The molecular formula is C15H14N2O5S. The number of aryl methyl sites for hydroxylation is 1. The molecule has 0 saturated heterocycles. The number of ether oxygens (including phenoxy) is 1. The van der Waals surface area contributed by atoms with Crippen LogP contribution in [0.3, 0.4) is 0 Å². The van der Waals surface area contributed by atoms with Gasteiger partial charge in [0.25, 0.3) is 15.9 Å². The summed E-state index contributed by atoms with van der Waals surface area (Å²) in [6.45, 7) is 2.74. The minimum absolute atomic E-state index is 0.0181. The van der Waals surface area contributed by atoms with Crippen LogP contribution in [0.15, 0.2) is 47.4 Å². The Labute approximate surface area is 133 Å². The fraction of sp³-hybridized carbons (Fsp3) is 0.133. The van der Waals surface area contributed by atoms with Crippen molar-refractivity contribution < 1.29 is 22.7 Å². The first-order valence-electron chi connectivity index (χ1n) is 6.58. The van der Waals surface area contributed by atoms with E-state index < -0.39 is 21.9 Å². The zero-order chi connectivity index (χ0) is 17.0. The van der Waals surface area contributed by atoms with Gasteiger partial charge in [0.05, 0.1) is 16.2 Å². The molecule has 0 fully saturated rings. The highest BCUT2D eigenvalue weighted by molar-refractivity contribution is 7.90. The summed E-state index contributed by atoms with van der Waals surface area (Å²) in [6, 6.07) is 10.2. The molecule has 23 heavy (non-hydrogen) atoms. The quantitative estimate of drug-likeness (QED) is 0.849. The van der Waals surface area contributed by atoms with Crippen molar-refractivity contribution in [3.05, 3.63) is 53.7 Å². The molecule has 7 nitrogen and oxygen atoms in total. The molecule has 1 aromatic carbocycles. The number of aromatic nitrogens is 1. The maximum atomic E-state index is 12.1. The van der Waals surface area contributed by atoms with E-state index in [2.05, 4.69) is 4.98 Å². The Balaban J connectivity index is 2.23. The third-order valence-corrected chi connectivity index (χ3v) is 4.18. The molecule has 0 aliphatic carbocycles. The second-order valence-electron chi connectivity index (χ2n) is 4.62. The first-order chi connectivity index (χ1) is 10.8. The van der Waals surface area contributed by atoms with Gasteiger partial charge in [0.2, 0.25) is 5.88 Å². The monoisotopic (exact) mass is 334 g/mol. The molecule has 0 aliphatic rings. The van der Waals surface area contributed by atoms with E-state index in [1.165, 1.54) is 38.1 Å². The van der Waals surface area contributed by atoms with Crippen molar-refractivity contribution in [3.8, 4) is 5.88 Å². The largest absolute Gasteiger partial charge is 0.408 e. The van der Waals surface area contributed by atoms with Crippen LogP contribution in [0.25, 0.3) is 0 Å². The van der Waals surface area contributed by atoms with Gasteiger partial charge >= 0.3 is 5.97 Å². The number of amides is 1. The van der Waals surface area contributed by atoms with E-state index in [4.69, 9.17) is 4.74 Å². The molecule has 1 aromatic heterocycles. The molecule has 8 heteroatoms. The van der Waals surface area contributed by atoms with Gasteiger partial charge in [-0.2, -0.15) is 0 Å². The molecule has 0 unspecified atom stereocenters. The summed E-state index contributed by atoms with van der Waals surface area (Å²) in [4.78, 5) is 26.9. The first-order valence-corrected chi connectivity index (χ1v) is 8.06. The van der Waals surface area contributed by atoms with E-state index in [1.807, 2.05) is 4.72 Å². The zero-order valence-corrected chi connectivity index (χ0v) is 13.3. The molecular weight excluding hydrogens is 320 g/mol. The van der Waals surface area contributed by atoms with Crippen LogP contribution in [0, 0.1) is 6.92 Å². The predicted molar refractivity (Wildman–Crippen MR) is 81.4 cm³/mol. The van der Waals surface area contributed by atoms with Gasteiger partial charge in [-0.25, -0.2) is 18.1 Å². The molecule has 0 spiro atoms. The Morgan fingerprint density at radius 1 is 1.09 bits per heavy atom. The van der Waals surface area contributed by atoms with Crippen LogP contribution >= 0.6 is 0 Å². The van der Waals surface area contributed by atoms with Gasteiger partial charge < -0.3 is 4.74 Å². The van der Waals surface area contributed by atoms with Gasteiger partial charge in [0.1, 0.15) is 0 Å². The lowest BCUT2D eigenvalue weighted by atomic mass is 10.2. The number of carbonyl (C=O) groups is 2. The Morgan fingerprint density at radius 2 is 1.74 bits per heavy atom. The number of benzene rings is 1. The molecule has 1 heterocycles. The van der Waals surface area contributed by atoms with E-state index in [-0.39, 0.29) is 22.0 Å². The standard InChI is InChI=1S/C15H14N2O5S/c1-10-13(8-9-14(16-10)22-11(2)18)15(19)17-23(20,21)12-6-4-3-5-7-12/h3-9H,1-2H3,(H,17,19). The maximum absolute atomic E-state index is 12.1. The minimum Gasteiger partial charge on any atom is -0.408 e. The van der Waals surface area contributed by atoms with Gasteiger partial charge in [-0.15, -0.1) is 0 Å². The van der Waals surface area contributed by atoms with Gasteiger partial charge in [0.15, 0.2) is 0 Å². The number of rotatable bonds is 4. The Hall–Kier alpha value is -2.74. The Morgan fingerprint density at radius 3 is 2.30 bits per heavy atom. The maximum Gasteiger partial charge on any atom is 0.309 e. The number of hydrogen-bond donors (Lipinski definition) is 1. The fourth-order valence-corrected chi connectivity index (χ4v) is 2.81. The molecule has 0 aliphatic heterocycles. The third kappa shape index (κ3) is 4.13. The molecule has 0 saturated carbocycles. The van der Waals surface area contributed by atoms with Crippen molar-refractivity contribution in [1.82, 2.24) is 9.71 Å². The van der Waals surface area contributed by atoms with Gasteiger partial charge in [-0.05, 0) is 25.1 Å². The SMILES string of the molecule is CC(=O)Oc1ccc(C(=O)NS(=O)(=O)c2ccccc2)c(C)n1. The van der Waals surface area contributed by atoms with E-state index in [0.717, 1.165) is 0 Å². The summed E-state index contributed by atoms with van der Waals surface area (Å²) in [6.07, 6.45) is 0. The summed E-state index contributed by atoms with van der Waals surface area (Å²) >= 11 is 0. The lowest BCUT2D eigenvalue weighted by molar-refractivity contribution is -0.132. The van der Waals surface area contributed by atoms with Crippen molar-refractivity contribution in [1.29, 1.82) is 0 Å². The van der Waals surface area contributed by atoms with E-state index >= 15 is 0 Å². The van der Waals surface area contributed by atoms with Crippen molar-refractivity contribution in [3.63, 3.8) is 0 Å². The number of esters is 1. The van der Waals surface area contributed by atoms with Crippen LogP contribution < -0.4 is 9.46 Å². The second-order valence-corrected chi connectivity index (χ2v) is 6.31. The zero-order valence-electron chi connectivity index (χ0n) is 12.4. The summed E-state index contributed by atoms with van der Waals surface area (Å²) in [7, 11) is -3.97. The lowest BCUT2D eigenvalue weighted by Gasteiger charge is -2.09. The molecule has 0 bridgehead atoms. The van der Waals surface area contributed by atoms with Crippen LogP contribution in [0.1, 0.15) is 23.0 Å². The number of pyridine rings is 1. The lowest BCUT2D eigenvalue weighted by Crippen LogP contribution is -2.31. The Bertz CT molecular complexity index is 847. The molecule has 2 rings (SSSR count). The number of nitrogens with one attached hydrogen (secondary N) is 1. The van der Waals surface area contributed by atoms with Gasteiger partial charge in [0, 0.05) is 13.0 Å². The van der Waals surface area contributed by atoms with Crippen molar-refractivity contribution in [2.75, 3.05) is 0 Å². The van der Waals surface area contributed by atoms with Crippen LogP contribution in [0.5, 0.6) is 5.88 Å². The van der Waals surface area contributed by atoms with Crippen LogP contribution in [0.2, 0.25) is 0 Å². The summed E-state index contributed by atoms with van der Waals surface area (Å²) in [5, 5.41) is 0. The number of carbonyl (C=O) groups excluding carboxylic acids is 2. The second kappa shape index (κ2) is 6.57. The van der Waals surface area contributed by atoms with Crippen molar-refractivity contribution >= 4 is 21.9 Å². The number of hydrogen-bond acceptors (Lipinski definition) is 6. The molecule has 1 amide bonds. The van der Waals surface area contributed by atoms with Gasteiger partial charge in [-0.3, -0.25) is 9.59 Å². The fourth-order valence-electron chi connectivity index (χ4n) is 1.82. The smallest absolute Gasteiger partial charge is 0.309 e. The van der Waals surface area contributed by atoms with E-state index in [0.29, 0.717) is 0 Å². The van der Waals surface area contributed by atoms with Crippen LogP contribution in [0.4, 0.5) is 0 Å². The summed E-state index contributed by atoms with van der Waals surface area (Å²) in [5.74, 6) is -1.31. The van der Waals surface area contributed by atoms with Crippen LogP contribution in [-0.4, -0.2) is 25.3 Å². The molecule has 0 radical (unpaired) electrons. The normalized spacial score (nSPS) is 10.9. The number of nitrogens with zero attached hydrogens (tertiary/aromatic N) is 1. The highest BCUT2D eigenvalue weighted by Gasteiger charge is 2.20. The average molecular weight is 334 g/mol. The van der Waals surface area contributed by atoms with E-state index in [1.54, 1.807) is 18.2 Å². The van der Waals surface area contributed by atoms with Crippen molar-refractivity contribution in [2.45, 2.75) is 18.7 Å². The van der Waals surface area contributed by atoms with Crippen molar-refractivity contribution in [2.24, 2.45) is 0 Å². The average Bonchev–Trinajstić information content (AvgIpc) is 2.47. The first kappa shape index (κ1) is 16.6. The molecule has 1 N–H and O–H groups in total. The predicted octanol–water partition coefficient (Wildman–Crippen LogP) is 1.43. The highest BCUT2D eigenvalue weighted by atomic mass is 32.2. The molecule has 120 valence electrons. The Kier molecular flexibility index (Phi) is 4.75. The van der Waals surface area contributed by atoms with Crippen LogP contribution in [-0.2, 0) is 14.8 Å². The minimum atomic E-state index is -3.97. The highest BCUT2D eigenvalue weighted by Crippen LogP contribution is 2.14. The summed E-state index contributed by atoms with van der Waals surface area (Å²) < 4.78 is 31.0.